The van der Waals surface area contributed by atoms with Crippen molar-refractivity contribution in [1.82, 2.24) is 9.97 Å². The van der Waals surface area contributed by atoms with Crippen LogP contribution in [0.15, 0.2) is 6.20 Å². The average Bonchev–Trinajstić information content (AvgIpc) is 3.17. The molecule has 1 spiro atoms. The highest BCUT2D eigenvalue weighted by molar-refractivity contribution is 6.28. The summed E-state index contributed by atoms with van der Waals surface area (Å²) in [5.74, 6) is 1.03. The molecule has 4 rings (SSSR count). The van der Waals surface area contributed by atoms with Gasteiger partial charge in [-0.15, -0.1) is 0 Å². The van der Waals surface area contributed by atoms with Crippen molar-refractivity contribution < 1.29 is 4.79 Å². The van der Waals surface area contributed by atoms with Gasteiger partial charge in [-0.2, -0.15) is 4.98 Å². The first kappa shape index (κ1) is 11.6. The van der Waals surface area contributed by atoms with Gasteiger partial charge in [0.2, 0.25) is 11.2 Å². The molecule has 0 bridgehead atoms. The van der Waals surface area contributed by atoms with E-state index in [1.807, 2.05) is 4.90 Å². The van der Waals surface area contributed by atoms with E-state index in [0.29, 0.717) is 6.04 Å². The Morgan fingerprint density at radius 2 is 2.00 bits per heavy atom. The minimum absolute atomic E-state index is 0.241. The van der Waals surface area contributed by atoms with Gasteiger partial charge >= 0.3 is 0 Å². The van der Waals surface area contributed by atoms with Crippen LogP contribution in [0.5, 0.6) is 0 Å². The van der Waals surface area contributed by atoms with E-state index in [4.69, 9.17) is 11.6 Å². The van der Waals surface area contributed by atoms with Crippen LogP contribution in [0.3, 0.4) is 0 Å². The summed E-state index contributed by atoms with van der Waals surface area (Å²) in [6.45, 7) is 0. The molecule has 2 aliphatic carbocycles. The maximum Gasteiger partial charge on any atom is 0.239 e. The number of aromatic nitrogens is 2. The van der Waals surface area contributed by atoms with Gasteiger partial charge in [0.25, 0.3) is 0 Å². The number of hydrogen-bond acceptors (Lipinski definition) is 3. The molecule has 1 aromatic rings. The van der Waals surface area contributed by atoms with Crippen LogP contribution in [0.25, 0.3) is 0 Å². The number of amides is 1. The lowest BCUT2D eigenvalue weighted by Crippen LogP contribution is -2.42. The number of anilines is 1. The summed E-state index contributed by atoms with van der Waals surface area (Å²) in [7, 11) is 0. The van der Waals surface area contributed by atoms with E-state index in [2.05, 4.69) is 9.97 Å². The first-order chi connectivity index (χ1) is 9.22. The summed E-state index contributed by atoms with van der Waals surface area (Å²) in [4.78, 5) is 23.1. The average molecular weight is 278 g/mol. The van der Waals surface area contributed by atoms with Gasteiger partial charge in [0.05, 0.1) is 5.41 Å². The zero-order valence-electron chi connectivity index (χ0n) is 10.7. The van der Waals surface area contributed by atoms with Crippen LogP contribution < -0.4 is 4.90 Å². The van der Waals surface area contributed by atoms with Crippen LogP contribution >= 0.6 is 11.6 Å². The molecule has 0 unspecified atom stereocenters. The summed E-state index contributed by atoms with van der Waals surface area (Å²) >= 11 is 5.93. The Balaban J connectivity index is 1.79. The summed E-state index contributed by atoms with van der Waals surface area (Å²) in [5.41, 5.74) is 0.713. The summed E-state index contributed by atoms with van der Waals surface area (Å²) in [5, 5.41) is 0.241. The van der Waals surface area contributed by atoms with Crippen molar-refractivity contribution in [3.05, 3.63) is 17.0 Å². The Kier molecular flexibility index (Phi) is 2.40. The van der Waals surface area contributed by atoms with E-state index in [9.17, 15) is 4.79 Å². The SMILES string of the molecule is O=C1N(C2CCCCC2)c2nc(Cl)ncc2C12CC2. The molecule has 1 aromatic heterocycles. The second-order valence-corrected chi connectivity index (χ2v) is 6.26. The predicted octanol–water partition coefficient (Wildman–Crippen LogP) is 2.84. The van der Waals surface area contributed by atoms with Crippen molar-refractivity contribution in [3.63, 3.8) is 0 Å². The Labute approximate surface area is 117 Å². The van der Waals surface area contributed by atoms with Gasteiger partial charge in [-0.25, -0.2) is 4.98 Å². The van der Waals surface area contributed by atoms with Crippen molar-refractivity contribution in [1.29, 1.82) is 0 Å². The standard InChI is InChI=1S/C14H16ClN3O/c15-13-16-8-10-11(17-13)18(9-4-2-1-3-5-9)12(19)14(10)6-7-14/h8-9H,1-7H2. The second kappa shape index (κ2) is 3.92. The van der Waals surface area contributed by atoms with Gasteiger partial charge in [-0.05, 0) is 37.3 Å². The molecule has 100 valence electrons. The molecule has 1 amide bonds. The smallest absolute Gasteiger partial charge is 0.239 e. The number of halogens is 1. The van der Waals surface area contributed by atoms with Crippen LogP contribution in [-0.2, 0) is 10.2 Å². The van der Waals surface area contributed by atoms with Gasteiger partial charge in [0.15, 0.2) is 0 Å². The minimum Gasteiger partial charge on any atom is -0.293 e. The van der Waals surface area contributed by atoms with Gasteiger partial charge < -0.3 is 0 Å². The van der Waals surface area contributed by atoms with Crippen molar-refractivity contribution in [3.8, 4) is 0 Å². The molecule has 0 atom stereocenters. The van der Waals surface area contributed by atoms with E-state index in [0.717, 1.165) is 37.1 Å². The van der Waals surface area contributed by atoms with Crippen molar-refractivity contribution in [2.24, 2.45) is 0 Å². The Morgan fingerprint density at radius 1 is 1.26 bits per heavy atom. The first-order valence-electron chi connectivity index (χ1n) is 7.09. The highest BCUT2D eigenvalue weighted by atomic mass is 35.5. The summed E-state index contributed by atoms with van der Waals surface area (Å²) in [6.07, 6.45) is 9.50. The molecule has 2 fully saturated rings. The van der Waals surface area contributed by atoms with Crippen LogP contribution in [0.4, 0.5) is 5.82 Å². The Bertz CT molecular complexity index is 550. The van der Waals surface area contributed by atoms with Crippen LogP contribution in [-0.4, -0.2) is 21.9 Å². The minimum atomic E-state index is -0.294. The number of carbonyl (C=O) groups excluding carboxylic acids is 1. The lowest BCUT2D eigenvalue weighted by Gasteiger charge is -2.31. The quantitative estimate of drug-likeness (QED) is 0.742. The Hall–Kier alpha value is -1.16. The zero-order valence-corrected chi connectivity index (χ0v) is 11.5. The summed E-state index contributed by atoms with van der Waals surface area (Å²) in [6, 6.07) is 0.311. The molecule has 4 nitrogen and oxygen atoms in total. The van der Waals surface area contributed by atoms with E-state index in [1.54, 1.807) is 6.20 Å². The lowest BCUT2D eigenvalue weighted by atomic mass is 9.94. The molecule has 0 aromatic carbocycles. The van der Waals surface area contributed by atoms with Crippen LogP contribution in [0.1, 0.15) is 50.5 Å². The number of rotatable bonds is 1. The van der Waals surface area contributed by atoms with E-state index < -0.39 is 0 Å². The van der Waals surface area contributed by atoms with E-state index in [-0.39, 0.29) is 16.6 Å². The van der Waals surface area contributed by atoms with Crippen molar-refractivity contribution in [2.75, 3.05) is 4.90 Å². The third-order valence-corrected chi connectivity index (χ3v) is 4.98. The molecule has 0 saturated heterocycles. The molecule has 19 heavy (non-hydrogen) atoms. The molecule has 1 aliphatic heterocycles. The van der Waals surface area contributed by atoms with Crippen LogP contribution in [0, 0.1) is 0 Å². The molecule has 2 saturated carbocycles. The van der Waals surface area contributed by atoms with E-state index >= 15 is 0 Å². The van der Waals surface area contributed by atoms with Gasteiger partial charge in [0.1, 0.15) is 5.82 Å². The van der Waals surface area contributed by atoms with Gasteiger partial charge in [0, 0.05) is 17.8 Å². The molecular formula is C14H16ClN3O. The normalized spacial score (nSPS) is 24.9. The van der Waals surface area contributed by atoms with Crippen molar-refractivity contribution in [2.45, 2.75) is 56.4 Å². The fraction of sp³-hybridized carbons (Fsp3) is 0.643. The van der Waals surface area contributed by atoms with Crippen molar-refractivity contribution >= 4 is 23.3 Å². The fourth-order valence-corrected chi connectivity index (χ4v) is 3.73. The molecule has 0 radical (unpaired) electrons. The molecule has 3 aliphatic rings. The van der Waals surface area contributed by atoms with E-state index in [1.165, 1.54) is 19.3 Å². The maximum atomic E-state index is 12.8. The molecule has 5 heteroatoms. The van der Waals surface area contributed by atoms with Gasteiger partial charge in [-0.3, -0.25) is 9.69 Å². The zero-order chi connectivity index (χ0) is 13.0. The largest absolute Gasteiger partial charge is 0.293 e. The van der Waals surface area contributed by atoms with Crippen LogP contribution in [0.2, 0.25) is 5.28 Å². The highest BCUT2D eigenvalue weighted by Crippen LogP contribution is 2.57. The number of carbonyl (C=O) groups is 1. The number of nitrogens with zero attached hydrogens (tertiary/aromatic N) is 3. The predicted molar refractivity (Wildman–Crippen MR) is 72.3 cm³/mol. The molecule has 0 N–H and O–H groups in total. The Morgan fingerprint density at radius 3 is 2.68 bits per heavy atom. The second-order valence-electron chi connectivity index (χ2n) is 5.93. The summed E-state index contributed by atoms with van der Waals surface area (Å²) < 4.78 is 0. The topological polar surface area (TPSA) is 46.1 Å². The highest BCUT2D eigenvalue weighted by Gasteiger charge is 2.61. The lowest BCUT2D eigenvalue weighted by molar-refractivity contribution is -0.120. The monoisotopic (exact) mass is 277 g/mol. The third-order valence-electron chi connectivity index (χ3n) is 4.80. The number of fused-ring (bicyclic) bond motifs is 2. The molecular weight excluding hydrogens is 262 g/mol. The molecule has 2 heterocycles. The maximum absolute atomic E-state index is 12.8. The fourth-order valence-electron chi connectivity index (χ4n) is 3.60. The van der Waals surface area contributed by atoms with Gasteiger partial charge in [-0.1, -0.05) is 19.3 Å². The first-order valence-corrected chi connectivity index (χ1v) is 7.47. The number of hydrogen-bond donors (Lipinski definition) is 0. The third kappa shape index (κ3) is 1.55.